The zero-order valence-corrected chi connectivity index (χ0v) is 19.5. The molecule has 5 nitrogen and oxygen atoms in total. The lowest BCUT2D eigenvalue weighted by molar-refractivity contribution is -0.123. The predicted molar refractivity (Wildman–Crippen MR) is 130 cm³/mol. The molecule has 2 aliphatic rings. The van der Waals surface area contributed by atoms with Gasteiger partial charge in [0.05, 0.1) is 24.2 Å². The lowest BCUT2D eigenvalue weighted by Gasteiger charge is -2.41. The first-order valence-corrected chi connectivity index (χ1v) is 11.8. The Balaban J connectivity index is 1.32. The molecule has 35 heavy (non-hydrogen) atoms. The lowest BCUT2D eigenvalue weighted by atomic mass is 9.96. The summed E-state index contributed by atoms with van der Waals surface area (Å²) in [6.07, 6.45) is 0.173. The third-order valence-electron chi connectivity index (χ3n) is 6.94. The zero-order valence-electron chi connectivity index (χ0n) is 19.5. The van der Waals surface area contributed by atoms with Crippen LogP contribution >= 0.6 is 0 Å². The van der Waals surface area contributed by atoms with Crippen molar-refractivity contribution in [2.24, 2.45) is 0 Å². The summed E-state index contributed by atoms with van der Waals surface area (Å²) in [4.78, 5) is 31.6. The van der Waals surface area contributed by atoms with Crippen molar-refractivity contribution >= 4 is 17.5 Å². The van der Waals surface area contributed by atoms with Gasteiger partial charge < -0.3 is 0 Å². The number of nitrogens with zero attached hydrogens (tertiary/aromatic N) is 3. The molecule has 2 amide bonds. The summed E-state index contributed by atoms with van der Waals surface area (Å²) in [5.41, 5.74) is 3.52. The molecular weight excluding hydrogens is 448 g/mol. The van der Waals surface area contributed by atoms with Crippen molar-refractivity contribution in [3.8, 4) is 0 Å². The fourth-order valence-electron chi connectivity index (χ4n) is 5.08. The van der Waals surface area contributed by atoms with Crippen LogP contribution in [0.3, 0.4) is 0 Å². The van der Waals surface area contributed by atoms with Gasteiger partial charge in [-0.3, -0.25) is 19.4 Å². The van der Waals surface area contributed by atoms with Gasteiger partial charge in [-0.2, -0.15) is 0 Å². The quantitative estimate of drug-likeness (QED) is 0.516. The van der Waals surface area contributed by atoms with Crippen LogP contribution in [0.15, 0.2) is 72.8 Å². The van der Waals surface area contributed by atoms with Gasteiger partial charge in [0.25, 0.3) is 5.91 Å². The highest BCUT2D eigenvalue weighted by Gasteiger charge is 2.43. The van der Waals surface area contributed by atoms with Crippen molar-refractivity contribution in [1.82, 2.24) is 9.80 Å². The van der Waals surface area contributed by atoms with Crippen LogP contribution < -0.4 is 4.90 Å². The van der Waals surface area contributed by atoms with Gasteiger partial charge in [-0.25, -0.2) is 13.7 Å². The van der Waals surface area contributed by atoms with Gasteiger partial charge >= 0.3 is 0 Å². The minimum absolute atomic E-state index is 0.164. The predicted octanol–water partition coefficient (Wildman–Crippen LogP) is 4.31. The maximum atomic E-state index is 13.6. The molecule has 2 fully saturated rings. The number of carbonyl (C=O) groups excluding carboxylic acids is 2. The van der Waals surface area contributed by atoms with Gasteiger partial charge in [-0.05, 0) is 54.4 Å². The van der Waals surface area contributed by atoms with Crippen LogP contribution in [0.1, 0.15) is 29.2 Å². The number of imide groups is 1. The maximum absolute atomic E-state index is 13.6. The Kier molecular flexibility index (Phi) is 6.45. The van der Waals surface area contributed by atoms with Crippen LogP contribution in [-0.4, -0.2) is 53.8 Å². The van der Waals surface area contributed by atoms with Gasteiger partial charge in [0.1, 0.15) is 11.6 Å². The highest BCUT2D eigenvalue weighted by Crippen LogP contribution is 2.32. The van der Waals surface area contributed by atoms with E-state index in [2.05, 4.69) is 9.80 Å². The molecule has 1 atom stereocenters. The molecule has 0 aromatic heterocycles. The number of amides is 2. The smallest absolute Gasteiger partial charge is 0.251 e. The first kappa shape index (κ1) is 23.3. The zero-order chi connectivity index (χ0) is 24.5. The molecule has 0 radical (unpaired) electrons. The van der Waals surface area contributed by atoms with E-state index in [1.807, 2.05) is 19.1 Å². The van der Waals surface area contributed by atoms with Crippen LogP contribution in [-0.2, 0) is 9.59 Å². The van der Waals surface area contributed by atoms with Gasteiger partial charge in [0, 0.05) is 26.2 Å². The Hall–Kier alpha value is -3.42. The third kappa shape index (κ3) is 4.74. The van der Waals surface area contributed by atoms with E-state index in [0.29, 0.717) is 31.9 Å². The van der Waals surface area contributed by atoms with Crippen LogP contribution in [0.2, 0.25) is 0 Å². The number of benzene rings is 3. The fourth-order valence-corrected chi connectivity index (χ4v) is 5.08. The van der Waals surface area contributed by atoms with Crippen molar-refractivity contribution < 1.29 is 18.4 Å². The maximum Gasteiger partial charge on any atom is 0.251 e. The normalized spacial score (nSPS) is 19.7. The van der Waals surface area contributed by atoms with E-state index in [1.165, 1.54) is 29.2 Å². The molecule has 0 unspecified atom stereocenters. The number of piperazine rings is 1. The van der Waals surface area contributed by atoms with Crippen molar-refractivity contribution in [1.29, 1.82) is 0 Å². The molecule has 2 saturated heterocycles. The molecule has 7 heteroatoms. The van der Waals surface area contributed by atoms with Crippen LogP contribution in [0.25, 0.3) is 0 Å². The molecule has 180 valence electrons. The number of hydrogen-bond acceptors (Lipinski definition) is 4. The summed E-state index contributed by atoms with van der Waals surface area (Å²) in [6, 6.07) is 19.5. The molecule has 5 rings (SSSR count). The third-order valence-corrected chi connectivity index (χ3v) is 6.94. The highest BCUT2D eigenvalue weighted by molar-refractivity contribution is 6.22. The number of carbonyl (C=O) groups is 2. The van der Waals surface area contributed by atoms with Crippen LogP contribution in [0, 0.1) is 18.6 Å². The topological polar surface area (TPSA) is 43.9 Å². The van der Waals surface area contributed by atoms with E-state index >= 15 is 0 Å². The minimum atomic E-state index is -0.471. The van der Waals surface area contributed by atoms with E-state index in [0.717, 1.165) is 16.7 Å². The molecule has 0 saturated carbocycles. The molecule has 3 aromatic rings. The second-order valence-electron chi connectivity index (χ2n) is 9.20. The molecule has 0 spiro atoms. The minimum Gasteiger partial charge on any atom is -0.290 e. The molecule has 2 heterocycles. The Bertz CT molecular complexity index is 1160. The fraction of sp³-hybridized carbons (Fsp3) is 0.286. The molecule has 2 aliphatic heterocycles. The van der Waals surface area contributed by atoms with Crippen molar-refractivity contribution in [2.45, 2.75) is 25.4 Å². The van der Waals surface area contributed by atoms with E-state index in [1.54, 1.807) is 36.4 Å². The van der Waals surface area contributed by atoms with E-state index in [9.17, 15) is 18.4 Å². The van der Waals surface area contributed by atoms with Crippen LogP contribution in [0.5, 0.6) is 0 Å². The Labute approximate surface area is 203 Å². The van der Waals surface area contributed by atoms with E-state index in [4.69, 9.17) is 0 Å². The number of hydrogen-bond donors (Lipinski definition) is 0. The number of anilines is 1. The molecule has 0 N–H and O–H groups in total. The SMILES string of the molecule is Cc1ccc(N2C(=O)C[C@@H](N3CCN(C(c4ccc(F)cc4)c4ccc(F)cc4)CC3)C2=O)cc1. The van der Waals surface area contributed by atoms with Crippen LogP contribution in [0.4, 0.5) is 14.5 Å². The molecular formula is C28H27F2N3O2. The van der Waals surface area contributed by atoms with E-state index < -0.39 is 6.04 Å². The average molecular weight is 476 g/mol. The second kappa shape index (κ2) is 9.68. The Morgan fingerprint density at radius 2 is 1.26 bits per heavy atom. The summed E-state index contributed by atoms with van der Waals surface area (Å²) >= 11 is 0. The summed E-state index contributed by atoms with van der Waals surface area (Å²) in [7, 11) is 0. The van der Waals surface area contributed by atoms with E-state index in [-0.39, 0.29) is 35.9 Å². The first-order chi connectivity index (χ1) is 16.9. The van der Waals surface area contributed by atoms with Gasteiger partial charge in [-0.1, -0.05) is 42.0 Å². The summed E-state index contributed by atoms with van der Waals surface area (Å²) in [5.74, 6) is -0.972. The van der Waals surface area contributed by atoms with Crippen molar-refractivity contribution in [3.63, 3.8) is 0 Å². The van der Waals surface area contributed by atoms with Gasteiger partial charge in [0.15, 0.2) is 0 Å². The summed E-state index contributed by atoms with van der Waals surface area (Å²) < 4.78 is 27.2. The number of halogens is 2. The molecule has 0 aliphatic carbocycles. The van der Waals surface area contributed by atoms with Gasteiger partial charge in [-0.15, -0.1) is 0 Å². The summed E-state index contributed by atoms with van der Waals surface area (Å²) in [5, 5.41) is 0. The number of rotatable bonds is 5. The lowest BCUT2D eigenvalue weighted by Crippen LogP contribution is -2.53. The monoisotopic (exact) mass is 475 g/mol. The average Bonchev–Trinajstić information content (AvgIpc) is 3.16. The van der Waals surface area contributed by atoms with Crippen molar-refractivity contribution in [3.05, 3.63) is 101 Å². The first-order valence-electron chi connectivity index (χ1n) is 11.8. The molecule has 3 aromatic carbocycles. The Morgan fingerprint density at radius 1 is 0.743 bits per heavy atom. The molecule has 0 bridgehead atoms. The van der Waals surface area contributed by atoms with Gasteiger partial charge in [0.2, 0.25) is 5.91 Å². The highest BCUT2D eigenvalue weighted by atomic mass is 19.1. The standard InChI is InChI=1S/C28H27F2N3O2/c1-19-2-12-24(13-3-19)33-26(34)18-25(28(33)35)31-14-16-32(17-15-31)27(20-4-8-22(29)9-5-20)21-6-10-23(30)11-7-21/h2-13,25,27H,14-18H2,1H3/t25-/m1/s1. The summed E-state index contributed by atoms with van der Waals surface area (Å²) in [6.45, 7) is 4.50. The largest absolute Gasteiger partial charge is 0.290 e. The Morgan fingerprint density at radius 3 is 1.77 bits per heavy atom. The van der Waals surface area contributed by atoms with Crippen molar-refractivity contribution in [2.75, 3.05) is 31.1 Å². The second-order valence-corrected chi connectivity index (χ2v) is 9.20. The number of aryl methyl sites for hydroxylation is 1.